The summed E-state index contributed by atoms with van der Waals surface area (Å²) in [5, 5.41) is 0.835. The zero-order valence-corrected chi connectivity index (χ0v) is 12.2. The highest BCUT2D eigenvalue weighted by molar-refractivity contribution is 6.31. The summed E-state index contributed by atoms with van der Waals surface area (Å²) >= 11 is 6.23. The molecule has 0 amide bonds. The molecule has 102 valence electrons. The van der Waals surface area contributed by atoms with Gasteiger partial charge in [-0.05, 0) is 29.8 Å². The van der Waals surface area contributed by atoms with E-state index in [2.05, 4.69) is 29.0 Å². The Bertz CT molecular complexity index is 664. The van der Waals surface area contributed by atoms with Crippen LogP contribution in [0.2, 0.25) is 5.02 Å². The monoisotopic (exact) mass is 286 g/mol. The van der Waals surface area contributed by atoms with Gasteiger partial charge in [0.05, 0.1) is 12.1 Å². The Balaban J connectivity index is 1.86. The minimum Gasteiger partial charge on any atom is -0.497 e. The van der Waals surface area contributed by atoms with Gasteiger partial charge in [0, 0.05) is 17.5 Å². The molecule has 0 radical (unpaired) electrons. The molecule has 2 aromatic rings. The van der Waals surface area contributed by atoms with Crippen molar-refractivity contribution in [2.24, 2.45) is 0 Å². The van der Waals surface area contributed by atoms with Crippen molar-refractivity contribution in [2.75, 3.05) is 13.7 Å². The highest BCUT2D eigenvalue weighted by Crippen LogP contribution is 2.21. The Hall–Kier alpha value is -1.80. The SMILES string of the molecule is COc1ccc2c(c1)CC[N+](Cc1ccccc1Cl)=C2. The molecule has 3 heteroatoms. The predicted molar refractivity (Wildman–Crippen MR) is 82.1 cm³/mol. The van der Waals surface area contributed by atoms with Crippen LogP contribution in [0.1, 0.15) is 16.7 Å². The lowest BCUT2D eigenvalue weighted by Crippen LogP contribution is -2.22. The lowest BCUT2D eigenvalue weighted by Gasteiger charge is -2.14. The normalized spacial score (nSPS) is 13.6. The molecular formula is C17H17ClNO+. The molecule has 0 fully saturated rings. The van der Waals surface area contributed by atoms with Crippen molar-refractivity contribution in [1.29, 1.82) is 0 Å². The number of nitrogens with zero attached hydrogens (tertiary/aromatic N) is 1. The van der Waals surface area contributed by atoms with E-state index in [4.69, 9.17) is 16.3 Å². The Morgan fingerprint density at radius 3 is 2.85 bits per heavy atom. The highest BCUT2D eigenvalue weighted by atomic mass is 35.5. The average Bonchev–Trinajstić information content (AvgIpc) is 2.49. The fourth-order valence-electron chi connectivity index (χ4n) is 2.55. The zero-order chi connectivity index (χ0) is 13.9. The van der Waals surface area contributed by atoms with Gasteiger partial charge in [0.1, 0.15) is 12.3 Å². The summed E-state index contributed by atoms with van der Waals surface area (Å²) in [5.41, 5.74) is 3.78. The molecular weight excluding hydrogens is 270 g/mol. The fraction of sp³-hybridized carbons (Fsp3) is 0.235. The van der Waals surface area contributed by atoms with Crippen molar-refractivity contribution in [2.45, 2.75) is 13.0 Å². The molecule has 0 aliphatic carbocycles. The van der Waals surface area contributed by atoms with Crippen molar-refractivity contribution < 1.29 is 9.31 Å². The Kier molecular flexibility index (Phi) is 3.75. The molecule has 2 nitrogen and oxygen atoms in total. The molecule has 0 spiro atoms. The van der Waals surface area contributed by atoms with Gasteiger partial charge in [-0.2, -0.15) is 0 Å². The summed E-state index contributed by atoms with van der Waals surface area (Å²) < 4.78 is 7.59. The maximum Gasteiger partial charge on any atom is 0.171 e. The first kappa shape index (κ1) is 13.2. The van der Waals surface area contributed by atoms with Crippen LogP contribution >= 0.6 is 11.6 Å². The van der Waals surface area contributed by atoms with Crippen molar-refractivity contribution in [3.8, 4) is 5.75 Å². The van der Waals surface area contributed by atoms with Crippen LogP contribution in [0.3, 0.4) is 0 Å². The summed E-state index contributed by atoms with van der Waals surface area (Å²) in [5.74, 6) is 0.928. The second-order valence-electron chi connectivity index (χ2n) is 5.01. The number of methoxy groups -OCH3 is 1. The third kappa shape index (κ3) is 2.70. The molecule has 0 aromatic heterocycles. The molecule has 2 aromatic carbocycles. The lowest BCUT2D eigenvalue weighted by molar-refractivity contribution is -0.540. The van der Waals surface area contributed by atoms with Crippen molar-refractivity contribution in [3.05, 3.63) is 64.2 Å². The van der Waals surface area contributed by atoms with E-state index in [9.17, 15) is 0 Å². The first-order valence-electron chi connectivity index (χ1n) is 6.75. The minimum atomic E-state index is 0.835. The van der Waals surface area contributed by atoms with Crippen molar-refractivity contribution in [3.63, 3.8) is 0 Å². The summed E-state index contributed by atoms with van der Waals surface area (Å²) in [6, 6.07) is 14.3. The van der Waals surface area contributed by atoms with Gasteiger partial charge in [-0.25, -0.2) is 4.58 Å². The number of benzene rings is 2. The molecule has 0 N–H and O–H groups in total. The van der Waals surface area contributed by atoms with E-state index in [0.717, 1.165) is 30.3 Å². The molecule has 0 saturated carbocycles. The van der Waals surface area contributed by atoms with Crippen LogP contribution in [0, 0.1) is 0 Å². The maximum absolute atomic E-state index is 6.23. The summed E-state index contributed by atoms with van der Waals surface area (Å²) in [4.78, 5) is 0. The number of ether oxygens (including phenoxy) is 1. The van der Waals surface area contributed by atoms with Crippen LogP contribution in [0.4, 0.5) is 0 Å². The minimum absolute atomic E-state index is 0.835. The summed E-state index contributed by atoms with van der Waals surface area (Å²) in [7, 11) is 1.71. The highest BCUT2D eigenvalue weighted by Gasteiger charge is 2.17. The van der Waals surface area contributed by atoms with E-state index in [-0.39, 0.29) is 0 Å². The quantitative estimate of drug-likeness (QED) is 0.786. The number of fused-ring (bicyclic) bond motifs is 1. The standard InChI is InChI=1S/C17H17ClNO/c1-20-16-7-6-14-11-19(9-8-13(14)10-16)12-15-4-2-3-5-17(15)18/h2-7,10-11H,8-9,12H2,1H3/q+1. The topological polar surface area (TPSA) is 12.2 Å². The number of hydrogen-bond acceptors (Lipinski definition) is 1. The van der Waals surface area contributed by atoms with Gasteiger partial charge in [-0.1, -0.05) is 29.8 Å². The molecule has 0 unspecified atom stereocenters. The average molecular weight is 287 g/mol. The predicted octanol–water partition coefficient (Wildman–Crippen LogP) is 3.54. The Labute approximate surface area is 124 Å². The first-order valence-corrected chi connectivity index (χ1v) is 7.13. The fourth-order valence-corrected chi connectivity index (χ4v) is 2.74. The van der Waals surface area contributed by atoms with Gasteiger partial charge < -0.3 is 4.74 Å². The molecule has 3 rings (SSSR count). The maximum atomic E-state index is 6.23. The number of hydrogen-bond donors (Lipinski definition) is 0. The van der Waals surface area contributed by atoms with E-state index >= 15 is 0 Å². The van der Waals surface area contributed by atoms with Crippen molar-refractivity contribution >= 4 is 17.8 Å². The van der Waals surface area contributed by atoms with Gasteiger partial charge in [0.2, 0.25) is 0 Å². The Morgan fingerprint density at radius 1 is 1.20 bits per heavy atom. The Morgan fingerprint density at radius 2 is 2.05 bits per heavy atom. The van der Waals surface area contributed by atoms with Gasteiger partial charge in [-0.15, -0.1) is 0 Å². The van der Waals surface area contributed by atoms with Gasteiger partial charge in [0.25, 0.3) is 0 Å². The van der Waals surface area contributed by atoms with Gasteiger partial charge in [0.15, 0.2) is 12.8 Å². The third-order valence-electron chi connectivity index (χ3n) is 3.67. The first-order chi connectivity index (χ1) is 9.76. The molecule has 1 heterocycles. The van der Waals surface area contributed by atoms with Gasteiger partial charge >= 0.3 is 0 Å². The second-order valence-corrected chi connectivity index (χ2v) is 5.41. The van der Waals surface area contributed by atoms with Crippen LogP contribution in [0.15, 0.2) is 42.5 Å². The van der Waals surface area contributed by atoms with E-state index in [1.165, 1.54) is 16.7 Å². The van der Waals surface area contributed by atoms with E-state index in [1.54, 1.807) is 7.11 Å². The number of halogens is 1. The third-order valence-corrected chi connectivity index (χ3v) is 4.04. The van der Waals surface area contributed by atoms with Crippen LogP contribution in [-0.2, 0) is 13.0 Å². The van der Waals surface area contributed by atoms with E-state index in [0.29, 0.717) is 0 Å². The molecule has 0 bridgehead atoms. The lowest BCUT2D eigenvalue weighted by atomic mass is 10.0. The molecule has 0 saturated heterocycles. The van der Waals surface area contributed by atoms with E-state index in [1.807, 2.05) is 24.3 Å². The summed E-state index contributed by atoms with van der Waals surface area (Å²) in [6.07, 6.45) is 3.25. The van der Waals surface area contributed by atoms with Crippen molar-refractivity contribution in [1.82, 2.24) is 0 Å². The molecule has 1 aliphatic heterocycles. The van der Waals surface area contributed by atoms with Crippen LogP contribution in [-0.4, -0.2) is 24.4 Å². The van der Waals surface area contributed by atoms with Crippen LogP contribution < -0.4 is 4.74 Å². The smallest absolute Gasteiger partial charge is 0.171 e. The van der Waals surface area contributed by atoms with E-state index < -0.39 is 0 Å². The zero-order valence-electron chi connectivity index (χ0n) is 11.5. The molecule has 20 heavy (non-hydrogen) atoms. The summed E-state index contributed by atoms with van der Waals surface area (Å²) in [6.45, 7) is 1.86. The van der Waals surface area contributed by atoms with Crippen LogP contribution in [0.25, 0.3) is 0 Å². The largest absolute Gasteiger partial charge is 0.497 e. The van der Waals surface area contributed by atoms with Gasteiger partial charge in [-0.3, -0.25) is 0 Å². The number of rotatable bonds is 3. The molecule has 0 atom stereocenters. The van der Waals surface area contributed by atoms with Crippen LogP contribution in [0.5, 0.6) is 5.75 Å². The molecule has 1 aliphatic rings. The second kappa shape index (κ2) is 5.68.